The van der Waals surface area contributed by atoms with Crippen LogP contribution in [0.25, 0.3) is 0 Å². The Balaban J connectivity index is 1.43. The number of carbonyl (C=O) groups is 2. The number of nitrogens with zero attached hydrogens (tertiary/aromatic N) is 2. The third kappa shape index (κ3) is 3.50. The first-order valence-corrected chi connectivity index (χ1v) is 10.9. The lowest BCUT2D eigenvalue weighted by Gasteiger charge is -2.24. The molecule has 4 rings (SSSR count). The van der Waals surface area contributed by atoms with Crippen LogP contribution in [0.5, 0.6) is 5.75 Å². The molecule has 1 aromatic rings. The Morgan fingerprint density at radius 2 is 2.03 bits per heavy atom. The van der Waals surface area contributed by atoms with E-state index in [4.69, 9.17) is 9.47 Å². The van der Waals surface area contributed by atoms with Crippen molar-refractivity contribution in [3.8, 4) is 5.75 Å². The third-order valence-corrected chi connectivity index (χ3v) is 6.63. The molecule has 0 aromatic heterocycles. The van der Waals surface area contributed by atoms with Crippen molar-refractivity contribution in [2.24, 2.45) is 11.8 Å². The molecule has 1 spiro atoms. The summed E-state index contributed by atoms with van der Waals surface area (Å²) < 4.78 is 11.4. The molecule has 3 heterocycles. The molecule has 3 aliphatic heterocycles. The fourth-order valence-corrected chi connectivity index (χ4v) is 4.95. The van der Waals surface area contributed by atoms with Crippen molar-refractivity contribution >= 4 is 17.5 Å². The Hall–Kier alpha value is -2.38. The van der Waals surface area contributed by atoms with Gasteiger partial charge in [-0.25, -0.2) is 0 Å². The van der Waals surface area contributed by atoms with Crippen LogP contribution in [0.15, 0.2) is 36.4 Å². The second kappa shape index (κ2) is 8.40. The van der Waals surface area contributed by atoms with Gasteiger partial charge in [0.2, 0.25) is 11.8 Å². The van der Waals surface area contributed by atoms with Crippen molar-refractivity contribution in [2.45, 2.75) is 32.0 Å². The number of rotatable bonds is 9. The first-order chi connectivity index (χ1) is 14.5. The van der Waals surface area contributed by atoms with Crippen molar-refractivity contribution in [1.82, 2.24) is 10.2 Å². The SMILES string of the molecule is CCN(CC)CCCNC(=O)[C@@H]1[C@H]2C(=O)N(c3ccc(OC)cc3)C[C@@]23C=C[C@H]1O3. The Labute approximate surface area is 178 Å². The van der Waals surface area contributed by atoms with Crippen LogP contribution in [-0.2, 0) is 14.3 Å². The molecule has 162 valence electrons. The van der Waals surface area contributed by atoms with Crippen LogP contribution in [-0.4, -0.2) is 68.3 Å². The van der Waals surface area contributed by atoms with E-state index in [1.165, 1.54) is 0 Å². The van der Waals surface area contributed by atoms with Gasteiger partial charge in [-0.15, -0.1) is 0 Å². The van der Waals surface area contributed by atoms with Gasteiger partial charge in [0.1, 0.15) is 11.4 Å². The van der Waals surface area contributed by atoms with Crippen LogP contribution >= 0.6 is 0 Å². The Morgan fingerprint density at radius 1 is 1.30 bits per heavy atom. The van der Waals surface area contributed by atoms with E-state index in [9.17, 15) is 9.59 Å². The smallest absolute Gasteiger partial charge is 0.234 e. The molecule has 2 amide bonds. The molecule has 2 fully saturated rings. The largest absolute Gasteiger partial charge is 0.497 e. The predicted molar refractivity (Wildman–Crippen MR) is 114 cm³/mol. The third-order valence-electron chi connectivity index (χ3n) is 6.63. The minimum absolute atomic E-state index is 0.0460. The van der Waals surface area contributed by atoms with Gasteiger partial charge >= 0.3 is 0 Å². The highest BCUT2D eigenvalue weighted by Crippen LogP contribution is 2.52. The van der Waals surface area contributed by atoms with E-state index in [-0.39, 0.29) is 17.9 Å². The van der Waals surface area contributed by atoms with E-state index in [0.29, 0.717) is 13.1 Å². The van der Waals surface area contributed by atoms with E-state index < -0.39 is 17.4 Å². The number of benzene rings is 1. The van der Waals surface area contributed by atoms with Crippen molar-refractivity contribution in [1.29, 1.82) is 0 Å². The summed E-state index contributed by atoms with van der Waals surface area (Å²) in [5.74, 6) is -0.338. The van der Waals surface area contributed by atoms with Gasteiger partial charge < -0.3 is 24.6 Å². The fraction of sp³-hybridized carbons (Fsp3) is 0.565. The molecule has 2 bridgehead atoms. The van der Waals surface area contributed by atoms with Gasteiger partial charge in [0.15, 0.2) is 0 Å². The van der Waals surface area contributed by atoms with Crippen molar-refractivity contribution in [2.75, 3.05) is 44.7 Å². The maximum Gasteiger partial charge on any atom is 0.234 e. The van der Waals surface area contributed by atoms with E-state index in [0.717, 1.165) is 37.5 Å². The van der Waals surface area contributed by atoms with Crippen LogP contribution in [0.4, 0.5) is 5.69 Å². The second-order valence-electron chi connectivity index (χ2n) is 8.19. The van der Waals surface area contributed by atoms with E-state index >= 15 is 0 Å². The minimum Gasteiger partial charge on any atom is -0.497 e. The quantitative estimate of drug-likeness (QED) is 0.494. The normalized spacial score (nSPS) is 29.0. The number of hydrogen-bond acceptors (Lipinski definition) is 5. The average Bonchev–Trinajstić information content (AvgIpc) is 3.42. The van der Waals surface area contributed by atoms with E-state index in [2.05, 4.69) is 24.1 Å². The number of amides is 2. The second-order valence-corrected chi connectivity index (χ2v) is 8.19. The minimum atomic E-state index is -0.703. The summed E-state index contributed by atoms with van der Waals surface area (Å²) in [5.41, 5.74) is 0.0914. The molecule has 2 saturated heterocycles. The number of hydrogen-bond donors (Lipinski definition) is 1. The van der Waals surface area contributed by atoms with E-state index in [1.807, 2.05) is 36.4 Å². The molecule has 7 nitrogen and oxygen atoms in total. The van der Waals surface area contributed by atoms with Gasteiger partial charge in [0.25, 0.3) is 0 Å². The van der Waals surface area contributed by atoms with Gasteiger partial charge in [0, 0.05) is 12.2 Å². The summed E-state index contributed by atoms with van der Waals surface area (Å²) >= 11 is 0. The molecule has 1 aromatic carbocycles. The Kier molecular flexibility index (Phi) is 5.84. The molecule has 0 unspecified atom stereocenters. The summed E-state index contributed by atoms with van der Waals surface area (Å²) in [6.45, 7) is 8.29. The highest BCUT2D eigenvalue weighted by Gasteiger charge is 2.67. The van der Waals surface area contributed by atoms with Gasteiger partial charge in [-0.2, -0.15) is 0 Å². The zero-order chi connectivity index (χ0) is 21.3. The summed E-state index contributed by atoms with van der Waals surface area (Å²) in [5, 5.41) is 3.05. The van der Waals surface area contributed by atoms with Crippen molar-refractivity contribution in [3.05, 3.63) is 36.4 Å². The Morgan fingerprint density at radius 3 is 2.70 bits per heavy atom. The zero-order valence-electron chi connectivity index (χ0n) is 18.0. The number of nitrogens with one attached hydrogen (secondary N) is 1. The lowest BCUT2D eigenvalue weighted by molar-refractivity contribution is -0.131. The van der Waals surface area contributed by atoms with Crippen LogP contribution in [0, 0.1) is 11.8 Å². The average molecular weight is 414 g/mol. The number of carbonyl (C=O) groups excluding carboxylic acids is 2. The topological polar surface area (TPSA) is 71.1 Å². The summed E-state index contributed by atoms with van der Waals surface area (Å²) in [6.07, 6.45) is 4.50. The molecule has 4 atom stereocenters. The summed E-state index contributed by atoms with van der Waals surface area (Å²) in [4.78, 5) is 30.4. The van der Waals surface area contributed by atoms with Crippen LogP contribution in [0.2, 0.25) is 0 Å². The number of fused-ring (bicyclic) bond motifs is 1. The highest BCUT2D eigenvalue weighted by molar-refractivity contribution is 6.03. The number of ether oxygens (including phenoxy) is 2. The van der Waals surface area contributed by atoms with Gasteiger partial charge in [-0.3, -0.25) is 9.59 Å². The molecule has 0 radical (unpaired) electrons. The van der Waals surface area contributed by atoms with Crippen LogP contribution in [0.1, 0.15) is 20.3 Å². The van der Waals surface area contributed by atoms with Gasteiger partial charge in [-0.1, -0.05) is 26.0 Å². The van der Waals surface area contributed by atoms with Gasteiger partial charge in [-0.05, 0) is 50.3 Å². The van der Waals surface area contributed by atoms with Crippen molar-refractivity contribution in [3.63, 3.8) is 0 Å². The number of methoxy groups -OCH3 is 1. The van der Waals surface area contributed by atoms with Crippen LogP contribution < -0.4 is 15.0 Å². The molecule has 7 heteroatoms. The maximum atomic E-state index is 13.3. The predicted octanol–water partition coefficient (Wildman–Crippen LogP) is 1.83. The van der Waals surface area contributed by atoms with Crippen LogP contribution in [0.3, 0.4) is 0 Å². The Bertz CT molecular complexity index is 820. The maximum absolute atomic E-state index is 13.3. The first kappa shape index (κ1) is 20.9. The molecule has 3 aliphatic rings. The molecular weight excluding hydrogens is 382 g/mol. The molecule has 0 saturated carbocycles. The number of anilines is 1. The molecule has 1 N–H and O–H groups in total. The zero-order valence-corrected chi connectivity index (χ0v) is 18.0. The van der Waals surface area contributed by atoms with E-state index in [1.54, 1.807) is 12.0 Å². The molecular formula is C23H31N3O4. The fourth-order valence-electron chi connectivity index (χ4n) is 4.95. The monoisotopic (exact) mass is 413 g/mol. The highest BCUT2D eigenvalue weighted by atomic mass is 16.5. The lowest BCUT2D eigenvalue weighted by Crippen LogP contribution is -2.44. The first-order valence-electron chi connectivity index (χ1n) is 10.9. The summed E-state index contributed by atoms with van der Waals surface area (Å²) in [7, 11) is 1.61. The summed E-state index contributed by atoms with van der Waals surface area (Å²) in [6, 6.07) is 7.41. The standard InChI is InChI=1S/C23H31N3O4/c1-4-25(5-2)14-6-13-24-21(27)19-18-11-12-23(30-18)15-26(22(28)20(19)23)16-7-9-17(29-3)10-8-16/h7-12,18-20H,4-6,13-15H2,1-3H3,(H,24,27)/t18-,19+,20+,23+/m1/s1. The molecule has 30 heavy (non-hydrogen) atoms. The lowest BCUT2D eigenvalue weighted by atomic mass is 9.77. The molecule has 0 aliphatic carbocycles. The van der Waals surface area contributed by atoms with Crippen molar-refractivity contribution < 1.29 is 19.1 Å². The van der Waals surface area contributed by atoms with Gasteiger partial charge in [0.05, 0.1) is 31.6 Å².